The van der Waals surface area contributed by atoms with Crippen LogP contribution in [0.15, 0.2) is 17.0 Å². The number of nitriles is 1. The highest BCUT2D eigenvalue weighted by molar-refractivity contribution is 7.89. The summed E-state index contributed by atoms with van der Waals surface area (Å²) >= 11 is 0.704. The number of likely N-dealkylation sites (tertiary alicyclic amines) is 1. The van der Waals surface area contributed by atoms with Gasteiger partial charge in [0.25, 0.3) is 6.43 Å². The van der Waals surface area contributed by atoms with Gasteiger partial charge in [0.2, 0.25) is 15.9 Å². The highest BCUT2D eigenvalue weighted by atomic mass is 32.2. The minimum absolute atomic E-state index is 0.00993. The van der Waals surface area contributed by atoms with Crippen molar-refractivity contribution in [3.63, 3.8) is 0 Å². The first-order valence-corrected chi connectivity index (χ1v) is 16.5. The summed E-state index contributed by atoms with van der Waals surface area (Å²) in [5.74, 6) is 0.277. The fourth-order valence-corrected chi connectivity index (χ4v) is 8.12. The summed E-state index contributed by atoms with van der Waals surface area (Å²) in [5, 5.41) is 21.7. The largest absolute Gasteiger partial charge is 0.368 e. The number of likely N-dealkylation sites (N-methyl/N-ethyl adjacent to an activating group) is 1. The molecular weight excluding hydrogens is 586 g/mol. The molecule has 1 unspecified atom stereocenters. The molecule has 42 heavy (non-hydrogen) atoms. The van der Waals surface area contributed by atoms with Crippen LogP contribution in [0.25, 0.3) is 21.6 Å². The number of anilines is 1. The van der Waals surface area contributed by atoms with E-state index in [4.69, 9.17) is 0 Å². The van der Waals surface area contributed by atoms with Crippen molar-refractivity contribution in [3.8, 4) is 16.8 Å². The minimum atomic E-state index is -4.13. The molecule has 0 bridgehead atoms. The second-order valence-electron chi connectivity index (χ2n) is 11.4. The van der Waals surface area contributed by atoms with Crippen molar-refractivity contribution in [2.45, 2.75) is 74.8 Å². The number of nitrogens with one attached hydrogen (secondary N) is 1. The van der Waals surface area contributed by atoms with Crippen LogP contribution in [0.2, 0.25) is 0 Å². The Balaban J connectivity index is 1.42. The number of halogens is 2. The van der Waals surface area contributed by atoms with Gasteiger partial charge in [-0.05, 0) is 51.2 Å². The van der Waals surface area contributed by atoms with Crippen molar-refractivity contribution < 1.29 is 22.0 Å². The van der Waals surface area contributed by atoms with Crippen LogP contribution in [-0.4, -0.2) is 70.4 Å². The van der Waals surface area contributed by atoms with E-state index in [1.807, 2.05) is 16.7 Å². The number of hydrogen-bond acceptors (Lipinski definition) is 9. The van der Waals surface area contributed by atoms with Crippen LogP contribution in [0.3, 0.4) is 0 Å². The molecule has 15 heteroatoms. The third-order valence-electron chi connectivity index (χ3n) is 8.61. The van der Waals surface area contributed by atoms with E-state index in [2.05, 4.69) is 26.1 Å². The molecule has 3 aromatic rings. The second-order valence-corrected chi connectivity index (χ2v) is 14.0. The van der Waals surface area contributed by atoms with Crippen LogP contribution in [0.1, 0.15) is 63.3 Å². The Morgan fingerprint density at radius 3 is 2.57 bits per heavy atom. The number of aromatic nitrogens is 4. The highest BCUT2D eigenvalue weighted by Gasteiger charge is 2.47. The van der Waals surface area contributed by atoms with Gasteiger partial charge in [0.1, 0.15) is 11.2 Å². The average Bonchev–Trinajstić information content (AvgIpc) is 3.34. The molecule has 3 heterocycles. The molecule has 224 valence electrons. The maximum atomic E-state index is 13.6. The van der Waals surface area contributed by atoms with Gasteiger partial charge in [-0.3, -0.25) is 9.48 Å². The smallest absolute Gasteiger partial charge is 0.291 e. The average molecular weight is 619 g/mol. The number of carbonyl (C=O) groups excluding carboxylic acids is 1. The van der Waals surface area contributed by atoms with E-state index in [-0.39, 0.29) is 33.5 Å². The standard InChI is InChI=1S/C27H32F2N8O3S2/c1-3-36(14-17-8-11-37(17)26(38)16-6-4-5-7-16)20-13-18(42(39,40)34-27(15-30)9-10-27)12-19-21(33-35(2)22(19)20)24-31-32-25(41-24)23(28)29/h12-13,16-17,23,34H,3-11,14H2,1-2H3. The van der Waals surface area contributed by atoms with Gasteiger partial charge in [-0.1, -0.05) is 24.2 Å². The van der Waals surface area contributed by atoms with Crippen molar-refractivity contribution in [3.05, 3.63) is 17.1 Å². The van der Waals surface area contributed by atoms with Gasteiger partial charge in [0.15, 0.2) is 10.0 Å². The van der Waals surface area contributed by atoms with Crippen molar-refractivity contribution >= 4 is 43.9 Å². The van der Waals surface area contributed by atoms with Crippen LogP contribution < -0.4 is 9.62 Å². The van der Waals surface area contributed by atoms with Crippen molar-refractivity contribution in [1.29, 1.82) is 5.26 Å². The Labute approximate surface area is 246 Å². The highest BCUT2D eigenvalue weighted by Crippen LogP contribution is 2.41. The molecule has 1 aliphatic heterocycles. The van der Waals surface area contributed by atoms with Gasteiger partial charge in [0.05, 0.1) is 28.2 Å². The van der Waals surface area contributed by atoms with Gasteiger partial charge in [-0.15, -0.1) is 10.2 Å². The Bertz CT molecular complexity index is 1670. The molecule has 1 amide bonds. The molecular formula is C27H32F2N8O3S2. The van der Waals surface area contributed by atoms with E-state index in [0.717, 1.165) is 32.1 Å². The SMILES string of the molecule is CCN(CC1CCN1C(=O)C1CCCC1)c1cc(S(=O)(=O)NC2(C#N)CC2)cc2c(-c3nnc(C(F)F)s3)nn(C)c12. The number of sulfonamides is 1. The zero-order valence-corrected chi connectivity index (χ0v) is 25.0. The molecule has 1 atom stereocenters. The Morgan fingerprint density at radius 2 is 2.00 bits per heavy atom. The lowest BCUT2D eigenvalue weighted by molar-refractivity contribution is -0.142. The first-order valence-electron chi connectivity index (χ1n) is 14.2. The number of rotatable bonds is 10. The van der Waals surface area contributed by atoms with Gasteiger partial charge in [-0.25, -0.2) is 17.2 Å². The van der Waals surface area contributed by atoms with Crippen LogP contribution in [-0.2, 0) is 21.9 Å². The number of amides is 1. The number of nitrogens with zero attached hydrogens (tertiary/aromatic N) is 7. The van der Waals surface area contributed by atoms with E-state index in [0.29, 0.717) is 60.4 Å². The number of alkyl halides is 2. The van der Waals surface area contributed by atoms with Crippen LogP contribution in [0.5, 0.6) is 0 Å². The topological polar surface area (TPSA) is 137 Å². The zero-order chi connectivity index (χ0) is 29.8. The van der Waals surface area contributed by atoms with Gasteiger partial charge in [0, 0.05) is 38.0 Å². The molecule has 3 fully saturated rings. The lowest BCUT2D eigenvalue weighted by atomic mass is 9.97. The summed E-state index contributed by atoms with van der Waals surface area (Å²) in [6.45, 7) is 3.68. The quantitative estimate of drug-likeness (QED) is 0.360. The molecule has 0 spiro atoms. The summed E-state index contributed by atoms with van der Waals surface area (Å²) in [5.41, 5.74) is 0.301. The molecule has 2 saturated carbocycles. The summed E-state index contributed by atoms with van der Waals surface area (Å²) in [6.07, 6.45) is 2.90. The summed E-state index contributed by atoms with van der Waals surface area (Å²) in [6, 6.07) is 5.07. The number of hydrogen-bond donors (Lipinski definition) is 1. The third kappa shape index (κ3) is 5.13. The Morgan fingerprint density at radius 1 is 1.26 bits per heavy atom. The fourth-order valence-electron chi connectivity index (χ4n) is 6.00. The van der Waals surface area contributed by atoms with Crippen LogP contribution in [0.4, 0.5) is 14.5 Å². The van der Waals surface area contributed by atoms with Gasteiger partial charge >= 0.3 is 0 Å². The monoisotopic (exact) mass is 618 g/mol. The lowest BCUT2D eigenvalue weighted by Crippen LogP contribution is -2.57. The summed E-state index contributed by atoms with van der Waals surface area (Å²) in [4.78, 5) is 17.1. The lowest BCUT2D eigenvalue weighted by Gasteiger charge is -2.45. The third-order valence-corrected chi connectivity index (χ3v) is 11.1. The first kappa shape index (κ1) is 28.9. The summed E-state index contributed by atoms with van der Waals surface area (Å²) < 4.78 is 58.0. The van der Waals surface area contributed by atoms with Gasteiger partial charge < -0.3 is 9.80 Å². The van der Waals surface area contributed by atoms with E-state index in [1.165, 1.54) is 6.07 Å². The van der Waals surface area contributed by atoms with Crippen LogP contribution >= 0.6 is 11.3 Å². The zero-order valence-electron chi connectivity index (χ0n) is 23.4. The van der Waals surface area contributed by atoms with Crippen molar-refractivity contribution in [2.75, 3.05) is 24.5 Å². The maximum Gasteiger partial charge on any atom is 0.291 e. The van der Waals surface area contributed by atoms with Crippen molar-refractivity contribution in [1.82, 2.24) is 29.6 Å². The number of benzene rings is 1. The molecule has 1 N–H and O–H groups in total. The second kappa shape index (κ2) is 10.8. The predicted molar refractivity (Wildman–Crippen MR) is 152 cm³/mol. The van der Waals surface area contributed by atoms with E-state index >= 15 is 0 Å². The molecule has 1 saturated heterocycles. The molecule has 3 aliphatic rings. The number of aryl methyl sites for hydroxylation is 1. The minimum Gasteiger partial charge on any atom is -0.368 e. The van der Waals surface area contributed by atoms with E-state index < -0.39 is 27.0 Å². The molecule has 11 nitrogen and oxygen atoms in total. The predicted octanol–water partition coefficient (Wildman–Crippen LogP) is 3.98. The Kier molecular flexibility index (Phi) is 7.43. The van der Waals surface area contributed by atoms with Crippen LogP contribution in [0, 0.1) is 17.2 Å². The number of fused-ring (bicyclic) bond motifs is 1. The van der Waals surface area contributed by atoms with Gasteiger partial charge in [-0.2, -0.15) is 15.1 Å². The molecule has 1 aromatic carbocycles. The van der Waals surface area contributed by atoms with Crippen molar-refractivity contribution in [2.24, 2.45) is 13.0 Å². The fraction of sp³-hybridized carbons (Fsp3) is 0.593. The normalized spacial score (nSPS) is 20.2. The maximum absolute atomic E-state index is 13.6. The summed E-state index contributed by atoms with van der Waals surface area (Å²) in [7, 11) is -2.42. The molecule has 2 aliphatic carbocycles. The number of carbonyl (C=O) groups is 1. The molecule has 2 aromatic heterocycles. The van der Waals surface area contributed by atoms with E-state index in [9.17, 15) is 27.3 Å². The Hall–Kier alpha value is -3.22. The van der Waals surface area contributed by atoms with E-state index in [1.54, 1.807) is 17.8 Å². The molecule has 0 radical (unpaired) electrons. The first-order chi connectivity index (χ1) is 20.1. The molecule has 6 rings (SSSR count).